The number of aromatic nitrogens is 5. The summed E-state index contributed by atoms with van der Waals surface area (Å²) < 4.78 is 12.1. The molecule has 0 aliphatic heterocycles. The average Bonchev–Trinajstić information content (AvgIpc) is 3.39. The van der Waals surface area contributed by atoms with Crippen molar-refractivity contribution in [2.24, 2.45) is 0 Å². The first kappa shape index (κ1) is 16.6. The van der Waals surface area contributed by atoms with E-state index in [1.54, 1.807) is 23.1 Å². The number of nitrogens with zero attached hydrogens (tertiary/aromatic N) is 5. The van der Waals surface area contributed by atoms with Gasteiger partial charge in [0.2, 0.25) is 5.82 Å². The Morgan fingerprint density at radius 2 is 1.89 bits per heavy atom. The molecule has 0 N–H and O–H groups in total. The molecular formula is C19H15N5O3. The number of esters is 1. The smallest absolute Gasteiger partial charge is 0.338 e. The average molecular weight is 361 g/mol. The number of benzene rings is 2. The normalized spacial score (nSPS) is 10.7. The Hall–Kier alpha value is -3.81. The summed E-state index contributed by atoms with van der Waals surface area (Å²) in [6, 6.07) is 16.5. The quantitative estimate of drug-likeness (QED) is 0.487. The molecule has 0 fully saturated rings. The molecule has 4 rings (SSSR count). The Morgan fingerprint density at radius 1 is 1.07 bits per heavy atom. The maximum atomic E-state index is 12.2. The van der Waals surface area contributed by atoms with Crippen LogP contribution < -0.4 is 0 Å². The minimum absolute atomic E-state index is 0.0840. The Bertz CT molecular complexity index is 1010. The lowest BCUT2D eigenvalue weighted by Crippen LogP contribution is -2.06. The molecule has 8 nitrogen and oxygen atoms in total. The molecule has 0 spiro atoms. The van der Waals surface area contributed by atoms with Gasteiger partial charge in [-0.25, -0.2) is 14.5 Å². The second-order valence-corrected chi connectivity index (χ2v) is 5.74. The highest BCUT2D eigenvalue weighted by Crippen LogP contribution is 2.15. The number of carbonyl (C=O) groups excluding carboxylic acids is 1. The number of carbonyl (C=O) groups is 1. The van der Waals surface area contributed by atoms with Crippen LogP contribution >= 0.6 is 0 Å². The standard InChI is InChI=1S/C19H15N5O3/c25-19(16-8-6-14(7-9-16)10-24-13-20-12-21-24)26-11-17-22-18(23-27-17)15-4-2-1-3-5-15/h1-9,12-13H,10-11H2. The summed E-state index contributed by atoms with van der Waals surface area (Å²) in [7, 11) is 0. The molecule has 0 saturated heterocycles. The van der Waals surface area contributed by atoms with E-state index in [0.29, 0.717) is 17.9 Å². The molecule has 2 aromatic heterocycles. The molecule has 0 unspecified atom stereocenters. The molecule has 0 aliphatic carbocycles. The maximum absolute atomic E-state index is 12.2. The van der Waals surface area contributed by atoms with Gasteiger partial charge < -0.3 is 9.26 Å². The Morgan fingerprint density at radius 3 is 2.63 bits per heavy atom. The van der Waals surface area contributed by atoms with Crippen molar-refractivity contribution in [3.05, 3.63) is 84.3 Å². The van der Waals surface area contributed by atoms with Gasteiger partial charge in [-0.05, 0) is 17.7 Å². The molecule has 2 aromatic carbocycles. The summed E-state index contributed by atoms with van der Waals surface area (Å²) in [5, 5.41) is 7.94. The van der Waals surface area contributed by atoms with E-state index in [2.05, 4.69) is 20.2 Å². The van der Waals surface area contributed by atoms with Crippen molar-refractivity contribution in [3.8, 4) is 11.4 Å². The van der Waals surface area contributed by atoms with Gasteiger partial charge in [-0.1, -0.05) is 47.6 Å². The van der Waals surface area contributed by atoms with Crippen molar-refractivity contribution < 1.29 is 14.1 Å². The summed E-state index contributed by atoms with van der Waals surface area (Å²) in [6.45, 7) is 0.499. The van der Waals surface area contributed by atoms with E-state index < -0.39 is 5.97 Å². The lowest BCUT2D eigenvalue weighted by atomic mass is 10.1. The van der Waals surface area contributed by atoms with Crippen LogP contribution in [0.2, 0.25) is 0 Å². The Balaban J connectivity index is 1.35. The van der Waals surface area contributed by atoms with Crippen molar-refractivity contribution in [3.63, 3.8) is 0 Å². The van der Waals surface area contributed by atoms with Gasteiger partial charge >= 0.3 is 5.97 Å². The molecule has 0 saturated carbocycles. The molecule has 27 heavy (non-hydrogen) atoms. The third-order valence-electron chi connectivity index (χ3n) is 3.83. The molecule has 0 atom stereocenters. The predicted octanol–water partition coefficient (Wildman–Crippen LogP) is 2.73. The summed E-state index contributed by atoms with van der Waals surface area (Å²) in [4.78, 5) is 20.3. The molecular weight excluding hydrogens is 346 g/mol. The van der Waals surface area contributed by atoms with E-state index in [4.69, 9.17) is 9.26 Å². The van der Waals surface area contributed by atoms with Gasteiger partial charge in [0.15, 0.2) is 6.61 Å². The molecule has 2 heterocycles. The van der Waals surface area contributed by atoms with Crippen molar-refractivity contribution in [2.75, 3.05) is 0 Å². The minimum atomic E-state index is -0.457. The molecule has 0 aliphatic rings. The van der Waals surface area contributed by atoms with Gasteiger partial charge in [0.25, 0.3) is 5.89 Å². The van der Waals surface area contributed by atoms with E-state index in [1.807, 2.05) is 42.5 Å². The van der Waals surface area contributed by atoms with E-state index in [-0.39, 0.29) is 12.5 Å². The summed E-state index contributed by atoms with van der Waals surface area (Å²) in [5.41, 5.74) is 2.28. The van der Waals surface area contributed by atoms with Crippen molar-refractivity contribution in [1.82, 2.24) is 24.9 Å². The third-order valence-corrected chi connectivity index (χ3v) is 3.83. The van der Waals surface area contributed by atoms with Crippen LogP contribution in [0.1, 0.15) is 21.8 Å². The van der Waals surface area contributed by atoms with Gasteiger partial charge in [-0.3, -0.25) is 0 Å². The topological polar surface area (TPSA) is 95.9 Å². The molecule has 8 heteroatoms. The molecule has 0 amide bonds. The van der Waals surface area contributed by atoms with Gasteiger partial charge in [-0.2, -0.15) is 10.1 Å². The lowest BCUT2D eigenvalue weighted by molar-refractivity contribution is 0.0430. The lowest BCUT2D eigenvalue weighted by Gasteiger charge is -2.04. The zero-order valence-electron chi connectivity index (χ0n) is 14.2. The van der Waals surface area contributed by atoms with Crippen molar-refractivity contribution in [2.45, 2.75) is 13.2 Å². The Labute approximate surface area is 154 Å². The highest BCUT2D eigenvalue weighted by atomic mass is 16.6. The van der Waals surface area contributed by atoms with Crippen LogP contribution in [0, 0.1) is 0 Å². The largest absolute Gasteiger partial charge is 0.452 e. The van der Waals surface area contributed by atoms with Gasteiger partial charge in [-0.15, -0.1) is 0 Å². The zero-order chi connectivity index (χ0) is 18.5. The highest BCUT2D eigenvalue weighted by molar-refractivity contribution is 5.89. The molecule has 4 aromatic rings. The van der Waals surface area contributed by atoms with Crippen LogP contribution in [0.4, 0.5) is 0 Å². The van der Waals surface area contributed by atoms with Crippen LogP contribution in [0.15, 0.2) is 71.8 Å². The maximum Gasteiger partial charge on any atom is 0.338 e. The fraction of sp³-hybridized carbons (Fsp3) is 0.105. The van der Waals surface area contributed by atoms with Gasteiger partial charge in [0.05, 0.1) is 12.1 Å². The molecule has 0 radical (unpaired) electrons. The minimum Gasteiger partial charge on any atom is -0.452 e. The number of hydrogen-bond acceptors (Lipinski definition) is 7. The fourth-order valence-corrected chi connectivity index (χ4v) is 2.48. The summed E-state index contributed by atoms with van der Waals surface area (Å²) in [6.07, 6.45) is 3.11. The van der Waals surface area contributed by atoms with Crippen LogP contribution in [-0.2, 0) is 17.9 Å². The fourth-order valence-electron chi connectivity index (χ4n) is 2.48. The second kappa shape index (κ2) is 7.61. The van der Waals surface area contributed by atoms with E-state index in [0.717, 1.165) is 11.1 Å². The zero-order valence-corrected chi connectivity index (χ0v) is 14.2. The van der Waals surface area contributed by atoms with Gasteiger partial charge in [0.1, 0.15) is 12.7 Å². The van der Waals surface area contributed by atoms with Crippen LogP contribution in [0.5, 0.6) is 0 Å². The van der Waals surface area contributed by atoms with E-state index in [9.17, 15) is 4.79 Å². The first-order valence-corrected chi connectivity index (χ1v) is 8.24. The van der Waals surface area contributed by atoms with Gasteiger partial charge in [0, 0.05) is 5.56 Å². The molecule has 134 valence electrons. The summed E-state index contributed by atoms with van der Waals surface area (Å²) >= 11 is 0. The third kappa shape index (κ3) is 4.06. The van der Waals surface area contributed by atoms with E-state index in [1.165, 1.54) is 6.33 Å². The number of hydrogen-bond donors (Lipinski definition) is 0. The predicted molar refractivity (Wildman–Crippen MR) is 94.4 cm³/mol. The Kier molecular flexibility index (Phi) is 4.69. The number of ether oxygens (including phenoxy) is 1. The SMILES string of the molecule is O=C(OCc1nc(-c2ccccc2)no1)c1ccc(Cn2cncn2)cc1. The highest BCUT2D eigenvalue weighted by Gasteiger charge is 2.12. The first-order valence-electron chi connectivity index (χ1n) is 8.24. The van der Waals surface area contributed by atoms with Crippen LogP contribution in [0.25, 0.3) is 11.4 Å². The van der Waals surface area contributed by atoms with Crippen LogP contribution in [-0.4, -0.2) is 30.9 Å². The molecule has 0 bridgehead atoms. The number of rotatable bonds is 6. The monoisotopic (exact) mass is 361 g/mol. The van der Waals surface area contributed by atoms with E-state index >= 15 is 0 Å². The van der Waals surface area contributed by atoms with Crippen molar-refractivity contribution >= 4 is 5.97 Å². The first-order chi connectivity index (χ1) is 13.3. The summed E-state index contributed by atoms with van der Waals surface area (Å²) in [5.74, 6) is 0.242. The van der Waals surface area contributed by atoms with Crippen molar-refractivity contribution in [1.29, 1.82) is 0 Å². The second-order valence-electron chi connectivity index (χ2n) is 5.74. The van der Waals surface area contributed by atoms with Crippen LogP contribution in [0.3, 0.4) is 0 Å².